The van der Waals surface area contributed by atoms with Crippen LogP contribution in [0.4, 0.5) is 0 Å². The fourth-order valence-electron chi connectivity index (χ4n) is 1.23. The van der Waals surface area contributed by atoms with Crippen molar-refractivity contribution in [3.05, 3.63) is 0 Å². The molecule has 17 heavy (non-hydrogen) atoms. The number of hydrogen-bond acceptors (Lipinski definition) is 3. The van der Waals surface area contributed by atoms with E-state index in [0.29, 0.717) is 19.0 Å². The zero-order valence-corrected chi connectivity index (χ0v) is 11.1. The molecule has 5 heteroatoms. The van der Waals surface area contributed by atoms with Gasteiger partial charge in [-0.25, -0.2) is 0 Å². The molecule has 0 rings (SSSR count). The van der Waals surface area contributed by atoms with Crippen LogP contribution >= 0.6 is 0 Å². The monoisotopic (exact) mass is 243 g/mol. The average Bonchev–Trinajstić information content (AvgIpc) is 2.29. The van der Waals surface area contributed by atoms with Gasteiger partial charge in [0.15, 0.2) is 0 Å². The molecule has 100 valence electrons. The van der Waals surface area contributed by atoms with Crippen molar-refractivity contribution in [2.24, 2.45) is 0 Å². The van der Waals surface area contributed by atoms with E-state index in [1.807, 2.05) is 6.92 Å². The summed E-state index contributed by atoms with van der Waals surface area (Å²) in [7, 11) is 0. The van der Waals surface area contributed by atoms with Crippen molar-refractivity contribution in [2.45, 2.75) is 46.1 Å². The highest BCUT2D eigenvalue weighted by atomic mass is 16.2. The van der Waals surface area contributed by atoms with E-state index in [2.05, 4.69) is 29.8 Å². The second-order valence-corrected chi connectivity index (χ2v) is 4.34. The molecule has 3 N–H and O–H groups in total. The van der Waals surface area contributed by atoms with Gasteiger partial charge in [-0.1, -0.05) is 20.8 Å². The van der Waals surface area contributed by atoms with Crippen LogP contribution in [-0.4, -0.2) is 37.5 Å². The van der Waals surface area contributed by atoms with Crippen molar-refractivity contribution in [3.8, 4) is 0 Å². The van der Waals surface area contributed by atoms with E-state index in [1.54, 1.807) is 0 Å². The highest BCUT2D eigenvalue weighted by Gasteiger charge is 2.04. The highest BCUT2D eigenvalue weighted by molar-refractivity contribution is 5.84. The maximum absolute atomic E-state index is 11.3. The number of amides is 2. The van der Waals surface area contributed by atoms with E-state index < -0.39 is 0 Å². The van der Waals surface area contributed by atoms with E-state index in [4.69, 9.17) is 0 Å². The highest BCUT2D eigenvalue weighted by Crippen LogP contribution is 1.88. The number of hydrogen-bond donors (Lipinski definition) is 3. The normalized spacial score (nSPS) is 10.4. The molecular weight excluding hydrogens is 218 g/mol. The first-order valence-corrected chi connectivity index (χ1v) is 6.33. The molecule has 0 unspecified atom stereocenters. The summed E-state index contributed by atoms with van der Waals surface area (Å²) in [6.45, 7) is 7.69. The molecule has 0 atom stereocenters. The summed E-state index contributed by atoms with van der Waals surface area (Å²) >= 11 is 0. The first-order valence-electron chi connectivity index (χ1n) is 6.33. The Bertz CT molecular complexity index is 230. The van der Waals surface area contributed by atoms with Crippen molar-refractivity contribution in [1.29, 1.82) is 0 Å². The molecular formula is C12H25N3O2. The molecule has 0 aromatic rings. The summed E-state index contributed by atoms with van der Waals surface area (Å²) in [5, 5.41) is 8.54. The summed E-state index contributed by atoms with van der Waals surface area (Å²) in [5.74, 6) is -0.192. The molecule has 0 bridgehead atoms. The van der Waals surface area contributed by atoms with E-state index in [0.717, 1.165) is 19.4 Å². The first kappa shape index (κ1) is 15.9. The maximum atomic E-state index is 11.3. The quantitative estimate of drug-likeness (QED) is 0.514. The summed E-state index contributed by atoms with van der Waals surface area (Å²) in [4.78, 5) is 22.5. The smallest absolute Gasteiger partial charge is 0.239 e. The molecule has 5 nitrogen and oxygen atoms in total. The minimum absolute atomic E-state index is 0.0674. The molecule has 0 saturated carbocycles. The Hall–Kier alpha value is -1.10. The summed E-state index contributed by atoms with van der Waals surface area (Å²) in [6, 6.07) is 0.442. The number of rotatable bonds is 9. The van der Waals surface area contributed by atoms with Gasteiger partial charge in [0.1, 0.15) is 0 Å². The van der Waals surface area contributed by atoms with Crippen LogP contribution < -0.4 is 16.0 Å². The lowest BCUT2D eigenvalue weighted by Gasteiger charge is -2.08. The summed E-state index contributed by atoms with van der Waals surface area (Å²) in [6.07, 6.45) is 2.15. The molecule has 0 aliphatic carbocycles. The molecule has 0 aromatic heterocycles. The van der Waals surface area contributed by atoms with Crippen LogP contribution in [0.1, 0.15) is 40.0 Å². The van der Waals surface area contributed by atoms with Gasteiger partial charge in [-0.15, -0.1) is 0 Å². The van der Waals surface area contributed by atoms with Crippen molar-refractivity contribution in [2.75, 3.05) is 19.6 Å². The summed E-state index contributed by atoms with van der Waals surface area (Å²) in [5.41, 5.74) is 0. The zero-order chi connectivity index (χ0) is 13.1. The number of carbonyl (C=O) groups is 2. The standard InChI is InChI=1S/C12H25N3O2/c1-4-7-14-12(17)9-15-11(16)6-5-8-13-10(2)3/h10,13H,4-9H2,1-3H3,(H,14,17)(H,15,16). The van der Waals surface area contributed by atoms with Crippen LogP contribution in [0.5, 0.6) is 0 Å². The van der Waals surface area contributed by atoms with Crippen LogP contribution in [0.15, 0.2) is 0 Å². The molecule has 0 radical (unpaired) electrons. The minimum atomic E-state index is -0.125. The predicted octanol–water partition coefficient (Wildman–Crippen LogP) is 0.407. The Morgan fingerprint density at radius 2 is 1.76 bits per heavy atom. The molecule has 0 aliphatic heterocycles. The second kappa shape index (κ2) is 10.1. The van der Waals surface area contributed by atoms with Gasteiger partial charge in [0.05, 0.1) is 6.54 Å². The molecule has 0 spiro atoms. The van der Waals surface area contributed by atoms with Gasteiger partial charge < -0.3 is 16.0 Å². The third-order valence-corrected chi connectivity index (χ3v) is 2.15. The Labute approximate surface area is 104 Å². The molecule has 0 aromatic carbocycles. The fraction of sp³-hybridized carbons (Fsp3) is 0.833. The molecule has 2 amide bonds. The van der Waals surface area contributed by atoms with E-state index in [9.17, 15) is 9.59 Å². The van der Waals surface area contributed by atoms with Gasteiger partial charge in [0, 0.05) is 19.0 Å². The van der Waals surface area contributed by atoms with E-state index in [-0.39, 0.29) is 18.4 Å². The van der Waals surface area contributed by atoms with Gasteiger partial charge in [0.25, 0.3) is 0 Å². The SMILES string of the molecule is CCCNC(=O)CNC(=O)CCCNC(C)C. The average molecular weight is 243 g/mol. The zero-order valence-electron chi connectivity index (χ0n) is 11.1. The molecule has 0 heterocycles. The molecule has 0 aliphatic rings. The fourth-order valence-corrected chi connectivity index (χ4v) is 1.23. The maximum Gasteiger partial charge on any atom is 0.239 e. The Kier molecular flexibility index (Phi) is 9.43. The largest absolute Gasteiger partial charge is 0.355 e. The first-order chi connectivity index (χ1) is 8.06. The van der Waals surface area contributed by atoms with Crippen molar-refractivity contribution >= 4 is 11.8 Å². The molecule has 0 saturated heterocycles. The Balaban J connectivity index is 3.43. The van der Waals surface area contributed by atoms with Crippen molar-refractivity contribution in [3.63, 3.8) is 0 Å². The topological polar surface area (TPSA) is 70.2 Å². The van der Waals surface area contributed by atoms with Crippen LogP contribution in [0.2, 0.25) is 0 Å². The van der Waals surface area contributed by atoms with Crippen LogP contribution in [0.25, 0.3) is 0 Å². The van der Waals surface area contributed by atoms with Crippen molar-refractivity contribution < 1.29 is 9.59 Å². The second-order valence-electron chi connectivity index (χ2n) is 4.34. The van der Waals surface area contributed by atoms with Gasteiger partial charge in [-0.05, 0) is 19.4 Å². The Morgan fingerprint density at radius 3 is 2.35 bits per heavy atom. The third kappa shape index (κ3) is 11.2. The van der Waals surface area contributed by atoms with Crippen LogP contribution in [-0.2, 0) is 9.59 Å². The number of carbonyl (C=O) groups excluding carboxylic acids is 2. The van der Waals surface area contributed by atoms with E-state index in [1.165, 1.54) is 0 Å². The van der Waals surface area contributed by atoms with Gasteiger partial charge in [-0.2, -0.15) is 0 Å². The third-order valence-electron chi connectivity index (χ3n) is 2.15. The Morgan fingerprint density at radius 1 is 1.06 bits per heavy atom. The van der Waals surface area contributed by atoms with Crippen LogP contribution in [0.3, 0.4) is 0 Å². The van der Waals surface area contributed by atoms with Crippen molar-refractivity contribution in [1.82, 2.24) is 16.0 Å². The lowest BCUT2D eigenvalue weighted by Crippen LogP contribution is -2.37. The van der Waals surface area contributed by atoms with Gasteiger partial charge >= 0.3 is 0 Å². The minimum Gasteiger partial charge on any atom is -0.355 e. The van der Waals surface area contributed by atoms with Gasteiger partial charge in [-0.3, -0.25) is 9.59 Å². The van der Waals surface area contributed by atoms with Crippen LogP contribution in [0, 0.1) is 0 Å². The number of nitrogens with one attached hydrogen (secondary N) is 3. The van der Waals surface area contributed by atoms with E-state index >= 15 is 0 Å². The van der Waals surface area contributed by atoms with Gasteiger partial charge in [0.2, 0.25) is 11.8 Å². The predicted molar refractivity (Wildman–Crippen MR) is 68.7 cm³/mol. The molecule has 0 fully saturated rings. The lowest BCUT2D eigenvalue weighted by molar-refractivity contribution is -0.126. The summed E-state index contributed by atoms with van der Waals surface area (Å²) < 4.78 is 0. The lowest BCUT2D eigenvalue weighted by atomic mass is 10.2.